The molecule has 6 heteroatoms. The van der Waals surface area contributed by atoms with Crippen LogP contribution in [0.5, 0.6) is 0 Å². The monoisotopic (exact) mass is 192 g/mol. The maximum atomic E-state index is 9.64. The fraction of sp³-hybridized carbons (Fsp3) is 0.714. The van der Waals surface area contributed by atoms with E-state index in [1.54, 1.807) is 0 Å². The van der Waals surface area contributed by atoms with Gasteiger partial charge in [0.1, 0.15) is 0 Å². The molecular formula is C7H16N2O4. The quantitative estimate of drug-likeness (QED) is 0.453. The van der Waals surface area contributed by atoms with Crippen LogP contribution in [-0.4, -0.2) is 35.2 Å². The topological polar surface area (TPSA) is 127 Å². The normalized spacial score (nSPS) is 8.46. The SMILES string of the molecule is NCCCN.O=C(O)CCC(=O)O. The third-order valence-electron chi connectivity index (χ3n) is 0.961. The zero-order chi connectivity index (χ0) is 10.7. The smallest absolute Gasteiger partial charge is 0.303 e. The third-order valence-corrected chi connectivity index (χ3v) is 0.961. The summed E-state index contributed by atoms with van der Waals surface area (Å²) < 4.78 is 0. The fourth-order valence-corrected chi connectivity index (χ4v) is 0.332. The molecule has 0 aliphatic carbocycles. The summed E-state index contributed by atoms with van der Waals surface area (Å²) >= 11 is 0. The van der Waals surface area contributed by atoms with E-state index in [1.165, 1.54) is 0 Å². The highest BCUT2D eigenvalue weighted by Crippen LogP contribution is 1.86. The van der Waals surface area contributed by atoms with Crippen LogP contribution in [0.4, 0.5) is 0 Å². The Morgan fingerprint density at radius 1 is 0.923 bits per heavy atom. The van der Waals surface area contributed by atoms with Crippen molar-refractivity contribution in [3.63, 3.8) is 0 Å². The molecule has 0 bridgehead atoms. The Balaban J connectivity index is 0. The minimum atomic E-state index is -1.08. The van der Waals surface area contributed by atoms with Gasteiger partial charge in [-0.15, -0.1) is 0 Å². The van der Waals surface area contributed by atoms with Crippen LogP contribution in [0.25, 0.3) is 0 Å². The Bertz CT molecular complexity index is 133. The second-order valence-corrected chi connectivity index (χ2v) is 2.22. The van der Waals surface area contributed by atoms with E-state index in [2.05, 4.69) is 0 Å². The lowest BCUT2D eigenvalue weighted by atomic mass is 10.3. The van der Waals surface area contributed by atoms with E-state index in [9.17, 15) is 9.59 Å². The number of hydrogen-bond acceptors (Lipinski definition) is 4. The molecule has 0 radical (unpaired) electrons. The second-order valence-electron chi connectivity index (χ2n) is 2.22. The van der Waals surface area contributed by atoms with Crippen LogP contribution in [0, 0.1) is 0 Å². The Kier molecular flexibility index (Phi) is 12.0. The van der Waals surface area contributed by atoms with E-state index in [0.29, 0.717) is 0 Å². The molecule has 0 aromatic rings. The average molecular weight is 192 g/mol. The van der Waals surface area contributed by atoms with Crippen molar-refractivity contribution in [1.82, 2.24) is 0 Å². The lowest BCUT2D eigenvalue weighted by Crippen LogP contribution is -2.06. The van der Waals surface area contributed by atoms with E-state index in [1.807, 2.05) is 0 Å². The minimum absolute atomic E-state index is 0.296. The zero-order valence-electron chi connectivity index (χ0n) is 7.40. The molecule has 0 unspecified atom stereocenters. The van der Waals surface area contributed by atoms with Crippen LogP contribution in [0.15, 0.2) is 0 Å². The molecule has 13 heavy (non-hydrogen) atoms. The van der Waals surface area contributed by atoms with Crippen LogP contribution in [-0.2, 0) is 9.59 Å². The van der Waals surface area contributed by atoms with E-state index in [4.69, 9.17) is 21.7 Å². The lowest BCUT2D eigenvalue weighted by molar-refractivity contribution is -0.143. The molecule has 0 saturated heterocycles. The standard InChI is InChI=1S/C4H6O4.C3H10N2/c5-3(6)1-2-4(7)8;4-2-1-3-5/h1-2H2,(H,5,6)(H,7,8);1-5H2. The van der Waals surface area contributed by atoms with E-state index >= 15 is 0 Å². The summed E-state index contributed by atoms with van der Waals surface area (Å²) in [5.74, 6) is -2.15. The first-order chi connectivity index (χ1) is 6.04. The summed E-state index contributed by atoms with van der Waals surface area (Å²) in [6.45, 7) is 1.44. The summed E-state index contributed by atoms with van der Waals surface area (Å²) in [6, 6.07) is 0. The van der Waals surface area contributed by atoms with Crippen LogP contribution in [0.2, 0.25) is 0 Å². The highest BCUT2D eigenvalue weighted by Gasteiger charge is 2.00. The van der Waals surface area contributed by atoms with Gasteiger partial charge in [0.05, 0.1) is 12.8 Å². The van der Waals surface area contributed by atoms with Crippen LogP contribution < -0.4 is 11.5 Å². The van der Waals surface area contributed by atoms with E-state index in [-0.39, 0.29) is 12.8 Å². The van der Waals surface area contributed by atoms with Crippen molar-refractivity contribution in [3.8, 4) is 0 Å². The second kappa shape index (κ2) is 10.9. The van der Waals surface area contributed by atoms with Gasteiger partial charge in [0.25, 0.3) is 0 Å². The molecule has 0 atom stereocenters. The predicted molar refractivity (Wildman–Crippen MR) is 47.2 cm³/mol. The minimum Gasteiger partial charge on any atom is -0.481 e. The molecule has 0 aromatic carbocycles. The number of aliphatic carboxylic acids is 2. The largest absolute Gasteiger partial charge is 0.481 e. The summed E-state index contributed by atoms with van der Waals surface area (Å²) in [4.78, 5) is 19.3. The van der Waals surface area contributed by atoms with Crippen molar-refractivity contribution in [1.29, 1.82) is 0 Å². The number of nitrogens with two attached hydrogens (primary N) is 2. The summed E-state index contributed by atoms with van der Waals surface area (Å²) in [5.41, 5.74) is 10.1. The molecule has 78 valence electrons. The molecule has 0 aliphatic heterocycles. The van der Waals surface area contributed by atoms with Gasteiger partial charge in [0.15, 0.2) is 0 Å². The maximum absolute atomic E-state index is 9.64. The highest BCUT2D eigenvalue weighted by atomic mass is 16.4. The van der Waals surface area contributed by atoms with Gasteiger partial charge in [0, 0.05) is 0 Å². The molecule has 0 aromatic heterocycles. The predicted octanol–water partition coefficient (Wildman–Crippen LogP) is -0.770. The number of hydrogen-bond donors (Lipinski definition) is 4. The number of carboxylic acids is 2. The number of rotatable bonds is 5. The summed E-state index contributed by atoms with van der Waals surface area (Å²) in [5, 5.41) is 15.8. The van der Waals surface area contributed by atoms with Crippen molar-refractivity contribution < 1.29 is 19.8 Å². The molecule has 0 heterocycles. The van der Waals surface area contributed by atoms with Crippen molar-refractivity contribution in [2.45, 2.75) is 19.3 Å². The highest BCUT2D eigenvalue weighted by molar-refractivity contribution is 5.75. The molecule has 0 amide bonds. The Morgan fingerprint density at radius 2 is 1.23 bits per heavy atom. The fourth-order valence-electron chi connectivity index (χ4n) is 0.332. The molecule has 0 saturated carbocycles. The van der Waals surface area contributed by atoms with Gasteiger partial charge in [-0.2, -0.15) is 0 Å². The number of carbonyl (C=O) groups is 2. The number of carboxylic acid groups (broad SMARTS) is 2. The molecular weight excluding hydrogens is 176 g/mol. The first-order valence-electron chi connectivity index (χ1n) is 3.88. The van der Waals surface area contributed by atoms with E-state index < -0.39 is 11.9 Å². The molecule has 0 rings (SSSR count). The van der Waals surface area contributed by atoms with Gasteiger partial charge in [-0.3, -0.25) is 9.59 Å². The molecule has 0 spiro atoms. The van der Waals surface area contributed by atoms with Crippen LogP contribution in [0.3, 0.4) is 0 Å². The van der Waals surface area contributed by atoms with Crippen LogP contribution >= 0.6 is 0 Å². The van der Waals surface area contributed by atoms with Crippen molar-refractivity contribution in [2.24, 2.45) is 11.5 Å². The van der Waals surface area contributed by atoms with Gasteiger partial charge < -0.3 is 21.7 Å². The first-order valence-corrected chi connectivity index (χ1v) is 3.88. The van der Waals surface area contributed by atoms with Crippen LogP contribution in [0.1, 0.15) is 19.3 Å². The van der Waals surface area contributed by atoms with Gasteiger partial charge in [0.2, 0.25) is 0 Å². The Hall–Kier alpha value is -1.14. The average Bonchev–Trinajstić information content (AvgIpc) is 2.03. The lowest BCUT2D eigenvalue weighted by Gasteiger charge is -1.85. The molecule has 6 N–H and O–H groups in total. The van der Waals surface area contributed by atoms with Crippen molar-refractivity contribution >= 4 is 11.9 Å². The van der Waals surface area contributed by atoms with Gasteiger partial charge in [-0.05, 0) is 19.5 Å². The molecule has 0 fully saturated rings. The van der Waals surface area contributed by atoms with Crippen molar-refractivity contribution in [2.75, 3.05) is 13.1 Å². The third kappa shape index (κ3) is 24.8. The summed E-state index contributed by atoms with van der Waals surface area (Å²) in [7, 11) is 0. The maximum Gasteiger partial charge on any atom is 0.303 e. The van der Waals surface area contributed by atoms with Crippen molar-refractivity contribution in [3.05, 3.63) is 0 Å². The zero-order valence-corrected chi connectivity index (χ0v) is 7.40. The van der Waals surface area contributed by atoms with Gasteiger partial charge >= 0.3 is 11.9 Å². The Morgan fingerprint density at radius 3 is 1.31 bits per heavy atom. The van der Waals surface area contributed by atoms with Gasteiger partial charge in [-0.1, -0.05) is 0 Å². The first kappa shape index (κ1) is 14.4. The van der Waals surface area contributed by atoms with Gasteiger partial charge in [-0.25, -0.2) is 0 Å². The molecule has 0 aliphatic rings. The summed E-state index contributed by atoms with van der Waals surface area (Å²) in [6.07, 6.45) is 0.352. The Labute approximate surface area is 76.5 Å². The van der Waals surface area contributed by atoms with E-state index in [0.717, 1.165) is 19.5 Å². The molecule has 6 nitrogen and oxygen atoms in total.